The van der Waals surface area contributed by atoms with Crippen LogP contribution in [0.1, 0.15) is 61.6 Å². The lowest BCUT2D eigenvalue weighted by Gasteiger charge is -2.56. The van der Waals surface area contributed by atoms with Gasteiger partial charge in [-0.15, -0.1) is 0 Å². The van der Waals surface area contributed by atoms with Gasteiger partial charge in [-0.05, 0) is 100 Å². The molecule has 6 bridgehead atoms. The van der Waals surface area contributed by atoms with Gasteiger partial charge in [0.25, 0.3) is 0 Å². The molecule has 3 unspecified atom stereocenters. The summed E-state index contributed by atoms with van der Waals surface area (Å²) in [4.78, 5) is 0. The van der Waals surface area contributed by atoms with Gasteiger partial charge in [0.1, 0.15) is 0 Å². The van der Waals surface area contributed by atoms with Crippen molar-refractivity contribution in [3.63, 3.8) is 0 Å². The molecule has 40 heavy (non-hydrogen) atoms. The first-order chi connectivity index (χ1) is 19.8. The zero-order valence-corrected chi connectivity index (χ0v) is 21.8. The molecule has 0 aromatic heterocycles. The third kappa shape index (κ3) is 1.65. The fourth-order valence-corrected chi connectivity index (χ4v) is 10.2. The molecule has 0 nitrogen and oxygen atoms in total. The van der Waals surface area contributed by atoms with Gasteiger partial charge >= 0.3 is 0 Å². The van der Waals surface area contributed by atoms with Crippen molar-refractivity contribution in [1.82, 2.24) is 0 Å². The molecular formula is C40H22. The van der Waals surface area contributed by atoms with Crippen LogP contribution in [0.25, 0.3) is 44.3 Å². The Bertz CT molecular complexity index is 2360. The Balaban J connectivity index is 1.22. The van der Waals surface area contributed by atoms with Crippen LogP contribution in [0.2, 0.25) is 0 Å². The van der Waals surface area contributed by atoms with Crippen LogP contribution < -0.4 is 0 Å². The highest BCUT2D eigenvalue weighted by molar-refractivity contribution is 6.23. The summed E-state index contributed by atoms with van der Waals surface area (Å²) < 4.78 is 0. The lowest BCUT2D eigenvalue weighted by molar-refractivity contribution is 0.533. The first-order valence-corrected chi connectivity index (χ1v) is 14.6. The molecule has 8 aliphatic rings. The number of hydrogen-bond donors (Lipinski definition) is 0. The Morgan fingerprint density at radius 3 is 2.35 bits per heavy atom. The summed E-state index contributed by atoms with van der Waals surface area (Å²) in [6, 6.07) is 37.3. The average molecular weight is 503 g/mol. The van der Waals surface area contributed by atoms with Gasteiger partial charge in [0, 0.05) is 5.92 Å². The molecule has 6 aromatic rings. The molecule has 3 atom stereocenters. The Morgan fingerprint density at radius 2 is 1.38 bits per heavy atom. The summed E-state index contributed by atoms with van der Waals surface area (Å²) >= 11 is 0. The minimum atomic E-state index is -0.0235. The van der Waals surface area contributed by atoms with E-state index in [0.29, 0.717) is 5.92 Å². The standard InChI is InChI=1S/C40H22/c1-3-9-23-21(7-1)19-20-39-31-18-16-25(32-33(35(23)39)24-10-4-5-11-26(24)36(39)34(31)32)27-14-15-28-30-17-13-22-8-2-6-12-29(22)40(30)37(27)38(28)40/h1-12,14-20,35H,13H2. The second-order valence-corrected chi connectivity index (χ2v) is 12.6. The van der Waals surface area contributed by atoms with Gasteiger partial charge in [0.2, 0.25) is 0 Å². The summed E-state index contributed by atoms with van der Waals surface area (Å²) in [5.41, 5.74) is 19.6. The molecular weight excluding hydrogens is 480 g/mol. The van der Waals surface area contributed by atoms with E-state index < -0.39 is 0 Å². The molecule has 6 aromatic carbocycles. The van der Waals surface area contributed by atoms with Crippen molar-refractivity contribution in [1.29, 1.82) is 0 Å². The molecule has 0 saturated heterocycles. The first-order valence-electron chi connectivity index (χ1n) is 14.6. The molecule has 8 aliphatic carbocycles. The van der Waals surface area contributed by atoms with E-state index >= 15 is 0 Å². The lowest BCUT2D eigenvalue weighted by Crippen LogP contribution is -2.46. The number of fused-ring (bicyclic) bond motifs is 3. The van der Waals surface area contributed by atoms with Crippen LogP contribution in [0.5, 0.6) is 0 Å². The largest absolute Gasteiger partial charge is 0.0747 e. The van der Waals surface area contributed by atoms with Gasteiger partial charge in [0.15, 0.2) is 0 Å². The van der Waals surface area contributed by atoms with E-state index in [1.807, 2.05) is 0 Å². The summed E-state index contributed by atoms with van der Waals surface area (Å²) in [6.07, 6.45) is 8.48. The van der Waals surface area contributed by atoms with Crippen molar-refractivity contribution in [2.45, 2.75) is 23.2 Å². The number of allylic oxidation sites excluding steroid dienone is 3. The van der Waals surface area contributed by atoms with Crippen LogP contribution in [0.3, 0.4) is 0 Å². The van der Waals surface area contributed by atoms with Crippen molar-refractivity contribution in [3.8, 4) is 11.1 Å². The summed E-state index contributed by atoms with van der Waals surface area (Å²) in [5.74, 6) is 0.342. The molecule has 0 aliphatic heterocycles. The first kappa shape index (κ1) is 19.4. The maximum Gasteiger partial charge on any atom is 0.0726 e. The summed E-state index contributed by atoms with van der Waals surface area (Å²) in [7, 11) is 0. The van der Waals surface area contributed by atoms with Gasteiger partial charge in [-0.3, -0.25) is 0 Å². The van der Waals surface area contributed by atoms with Gasteiger partial charge in [0.05, 0.1) is 10.8 Å². The van der Waals surface area contributed by atoms with E-state index in [1.165, 1.54) is 66.1 Å². The quantitative estimate of drug-likeness (QED) is 0.197. The van der Waals surface area contributed by atoms with Crippen LogP contribution in [0.15, 0.2) is 109 Å². The number of benzene rings is 6. The second-order valence-electron chi connectivity index (χ2n) is 12.6. The van der Waals surface area contributed by atoms with Crippen molar-refractivity contribution in [2.24, 2.45) is 0 Å². The Labute approximate surface area is 231 Å². The van der Waals surface area contributed by atoms with Gasteiger partial charge < -0.3 is 0 Å². The summed E-state index contributed by atoms with van der Waals surface area (Å²) in [5, 5.41) is 5.93. The van der Waals surface area contributed by atoms with Crippen LogP contribution in [-0.2, 0) is 17.3 Å². The smallest absolute Gasteiger partial charge is 0.0726 e. The van der Waals surface area contributed by atoms with E-state index in [4.69, 9.17) is 0 Å². The average Bonchev–Trinajstić information content (AvgIpc) is 3.64. The fraction of sp³-hybridized carbons (Fsp3) is 0.100. The third-order valence-corrected chi connectivity index (χ3v) is 11.5. The molecule has 0 fully saturated rings. The van der Waals surface area contributed by atoms with E-state index in [0.717, 1.165) is 6.42 Å². The Kier molecular flexibility index (Phi) is 2.79. The molecule has 0 N–H and O–H groups in total. The fourth-order valence-electron chi connectivity index (χ4n) is 10.2. The van der Waals surface area contributed by atoms with Gasteiger partial charge in [-0.1, -0.05) is 115 Å². The molecule has 2 spiro atoms. The normalized spacial score (nSPS) is 25.4. The van der Waals surface area contributed by atoms with E-state index in [-0.39, 0.29) is 10.8 Å². The molecule has 0 amide bonds. The number of hydrogen-bond acceptors (Lipinski definition) is 0. The minimum Gasteiger partial charge on any atom is -0.0747 e. The predicted molar refractivity (Wildman–Crippen MR) is 163 cm³/mol. The number of rotatable bonds is 1. The highest BCUT2D eigenvalue weighted by Gasteiger charge is 2.67. The van der Waals surface area contributed by atoms with E-state index in [2.05, 4.69) is 115 Å². The molecule has 0 saturated carbocycles. The van der Waals surface area contributed by atoms with Crippen LogP contribution >= 0.6 is 0 Å². The zero-order valence-electron chi connectivity index (χ0n) is 21.8. The highest BCUT2D eigenvalue weighted by atomic mass is 14.7. The van der Waals surface area contributed by atoms with Crippen LogP contribution in [0.4, 0.5) is 0 Å². The highest BCUT2D eigenvalue weighted by Crippen LogP contribution is 2.77. The molecule has 14 rings (SSSR count). The molecule has 0 heterocycles. The van der Waals surface area contributed by atoms with E-state index in [1.54, 1.807) is 27.8 Å². The lowest BCUT2D eigenvalue weighted by atomic mass is 9.45. The van der Waals surface area contributed by atoms with E-state index in [9.17, 15) is 0 Å². The van der Waals surface area contributed by atoms with Crippen molar-refractivity contribution in [2.75, 3.05) is 0 Å². The molecule has 0 radical (unpaired) electrons. The zero-order chi connectivity index (χ0) is 25.5. The van der Waals surface area contributed by atoms with Crippen LogP contribution in [0, 0.1) is 0 Å². The monoisotopic (exact) mass is 502 g/mol. The van der Waals surface area contributed by atoms with Crippen LogP contribution in [-0.4, -0.2) is 0 Å². The molecule has 182 valence electrons. The molecule has 0 heteroatoms. The topological polar surface area (TPSA) is 0 Å². The SMILES string of the molecule is C1=CC23c4ccc(-c5ccc6c7c5C75C6=CCc6ccccc65)c5c(c6ccccc6c2c45)C3c2ccccc21. The summed E-state index contributed by atoms with van der Waals surface area (Å²) in [6.45, 7) is 0. The Morgan fingerprint density at radius 1 is 0.600 bits per heavy atom. The maximum absolute atomic E-state index is 2.53. The van der Waals surface area contributed by atoms with Crippen molar-refractivity contribution >= 4 is 33.2 Å². The van der Waals surface area contributed by atoms with Gasteiger partial charge in [-0.25, -0.2) is 0 Å². The predicted octanol–water partition coefficient (Wildman–Crippen LogP) is 9.03. The van der Waals surface area contributed by atoms with Gasteiger partial charge in [-0.2, -0.15) is 0 Å². The second kappa shape index (κ2) is 5.76. The van der Waals surface area contributed by atoms with Crippen molar-refractivity contribution < 1.29 is 0 Å². The maximum atomic E-state index is 2.53. The Hall–Kier alpha value is -4.68. The minimum absolute atomic E-state index is 0.0235. The third-order valence-electron chi connectivity index (χ3n) is 11.5. The van der Waals surface area contributed by atoms with Crippen molar-refractivity contribution in [3.05, 3.63) is 165 Å².